The van der Waals surface area contributed by atoms with Crippen LogP contribution in [0.4, 0.5) is 13.2 Å². The molecule has 0 atom stereocenters. The molecule has 76 valence electrons. The maximum absolute atomic E-state index is 12.5. The van der Waals surface area contributed by atoms with Gasteiger partial charge in [-0.25, -0.2) is 0 Å². The van der Waals surface area contributed by atoms with Crippen molar-refractivity contribution in [2.45, 2.75) is 24.6 Å². The molecule has 0 aromatic carbocycles. The Bertz CT molecular complexity index is 323. The predicted molar refractivity (Wildman–Crippen MR) is 39.0 cm³/mol. The normalized spacial score (nSPS) is 24.6. The summed E-state index contributed by atoms with van der Waals surface area (Å²) in [5.74, 6) is -1.74. The van der Waals surface area contributed by atoms with Crippen molar-refractivity contribution in [3.63, 3.8) is 0 Å². The van der Waals surface area contributed by atoms with E-state index in [0.29, 0.717) is 4.90 Å². The molecular weight excluding hydrogens is 199 g/mol. The minimum atomic E-state index is -4.52. The van der Waals surface area contributed by atoms with E-state index in [2.05, 4.69) is 0 Å². The molecule has 0 unspecified atom stereocenters. The largest absolute Gasteiger partial charge is 0.412 e. The van der Waals surface area contributed by atoms with Crippen molar-refractivity contribution in [1.29, 1.82) is 0 Å². The Morgan fingerprint density at radius 1 is 1.14 bits per heavy atom. The summed E-state index contributed by atoms with van der Waals surface area (Å²) in [7, 11) is 0. The highest BCUT2D eigenvalue weighted by atomic mass is 19.4. The number of nitrogens with zero attached hydrogens (tertiary/aromatic N) is 1. The van der Waals surface area contributed by atoms with Crippen molar-refractivity contribution >= 4 is 11.8 Å². The number of amides is 2. The summed E-state index contributed by atoms with van der Waals surface area (Å²) in [5, 5.41) is 0. The fourth-order valence-electron chi connectivity index (χ4n) is 1.57. The molecule has 3 nitrogen and oxygen atoms in total. The van der Waals surface area contributed by atoms with Crippen LogP contribution in [0.25, 0.3) is 0 Å². The van der Waals surface area contributed by atoms with E-state index >= 15 is 0 Å². The van der Waals surface area contributed by atoms with Crippen LogP contribution in [0.1, 0.15) is 12.8 Å². The lowest BCUT2D eigenvalue weighted by molar-refractivity contribution is -0.198. The molecule has 2 aliphatic rings. The Labute approximate surface area is 77.2 Å². The van der Waals surface area contributed by atoms with Gasteiger partial charge >= 0.3 is 6.18 Å². The van der Waals surface area contributed by atoms with Crippen LogP contribution >= 0.6 is 0 Å². The van der Waals surface area contributed by atoms with Gasteiger partial charge in [-0.3, -0.25) is 14.5 Å². The van der Waals surface area contributed by atoms with Gasteiger partial charge in [-0.1, -0.05) is 0 Å². The molecule has 2 amide bonds. The summed E-state index contributed by atoms with van der Waals surface area (Å²) < 4.78 is 37.6. The standard InChI is InChI=1S/C8H6F3NO2/c9-8(10,11)7(3-4-7)12-5(13)1-2-6(12)14/h1-2H,3-4H2. The summed E-state index contributed by atoms with van der Waals surface area (Å²) in [5.41, 5.74) is -2.22. The van der Waals surface area contributed by atoms with Crippen LogP contribution in [0.3, 0.4) is 0 Å². The Morgan fingerprint density at radius 3 is 1.86 bits per heavy atom. The second kappa shape index (κ2) is 2.37. The van der Waals surface area contributed by atoms with E-state index in [1.807, 2.05) is 0 Å². The molecule has 1 aliphatic carbocycles. The van der Waals surface area contributed by atoms with E-state index in [9.17, 15) is 22.8 Å². The average molecular weight is 205 g/mol. The van der Waals surface area contributed by atoms with E-state index < -0.39 is 23.5 Å². The number of carbonyl (C=O) groups is 2. The number of carbonyl (C=O) groups excluding carboxylic acids is 2. The molecule has 14 heavy (non-hydrogen) atoms. The van der Waals surface area contributed by atoms with Crippen LogP contribution in [-0.4, -0.2) is 28.4 Å². The maximum atomic E-state index is 12.5. The third-order valence-electron chi connectivity index (χ3n) is 2.49. The van der Waals surface area contributed by atoms with E-state index in [1.165, 1.54) is 0 Å². The van der Waals surface area contributed by atoms with Crippen molar-refractivity contribution < 1.29 is 22.8 Å². The van der Waals surface area contributed by atoms with Crippen LogP contribution in [0.15, 0.2) is 12.2 Å². The fraction of sp³-hybridized carbons (Fsp3) is 0.500. The first-order chi connectivity index (χ1) is 6.38. The molecule has 2 rings (SSSR count). The van der Waals surface area contributed by atoms with Crippen LogP contribution in [0.2, 0.25) is 0 Å². The summed E-state index contributed by atoms with van der Waals surface area (Å²) in [6, 6.07) is 0. The Morgan fingerprint density at radius 2 is 1.57 bits per heavy atom. The highest BCUT2D eigenvalue weighted by molar-refractivity contribution is 6.13. The highest BCUT2D eigenvalue weighted by Gasteiger charge is 2.69. The van der Waals surface area contributed by atoms with Gasteiger partial charge in [0.05, 0.1) is 0 Å². The zero-order valence-corrected chi connectivity index (χ0v) is 6.97. The number of hydrogen-bond donors (Lipinski definition) is 0. The molecule has 0 bridgehead atoms. The molecule has 0 aromatic heterocycles. The van der Waals surface area contributed by atoms with Crippen molar-refractivity contribution in [3.05, 3.63) is 12.2 Å². The van der Waals surface area contributed by atoms with Crippen molar-refractivity contribution in [2.24, 2.45) is 0 Å². The average Bonchev–Trinajstić information content (AvgIpc) is 2.76. The van der Waals surface area contributed by atoms with Gasteiger partial charge in [0.25, 0.3) is 11.8 Å². The number of rotatable bonds is 1. The molecule has 1 aliphatic heterocycles. The lowest BCUT2D eigenvalue weighted by atomic mass is 10.2. The number of hydrogen-bond acceptors (Lipinski definition) is 2. The van der Waals surface area contributed by atoms with E-state index in [1.54, 1.807) is 0 Å². The summed E-state index contributed by atoms with van der Waals surface area (Å²) in [6.45, 7) is 0. The van der Waals surface area contributed by atoms with Crippen LogP contribution in [0.5, 0.6) is 0 Å². The summed E-state index contributed by atoms with van der Waals surface area (Å²) in [6.07, 6.45) is -3.15. The minimum absolute atomic E-state index is 0.185. The SMILES string of the molecule is O=C1C=CC(=O)N1C1(C(F)(F)F)CC1. The molecule has 0 spiro atoms. The van der Waals surface area contributed by atoms with E-state index in [4.69, 9.17) is 0 Å². The first kappa shape index (κ1) is 9.23. The second-order valence-corrected chi connectivity index (χ2v) is 3.37. The molecule has 0 N–H and O–H groups in total. The molecule has 0 saturated heterocycles. The van der Waals surface area contributed by atoms with Gasteiger partial charge in [-0.05, 0) is 12.8 Å². The minimum Gasteiger partial charge on any atom is -0.269 e. The number of alkyl halides is 3. The maximum Gasteiger partial charge on any atom is 0.412 e. The Balaban J connectivity index is 2.33. The molecule has 1 heterocycles. The molecule has 1 fully saturated rings. The number of imide groups is 1. The lowest BCUT2D eigenvalue weighted by Gasteiger charge is -2.27. The van der Waals surface area contributed by atoms with Crippen LogP contribution in [0, 0.1) is 0 Å². The van der Waals surface area contributed by atoms with E-state index in [0.717, 1.165) is 12.2 Å². The summed E-state index contributed by atoms with van der Waals surface area (Å²) >= 11 is 0. The van der Waals surface area contributed by atoms with Crippen molar-refractivity contribution in [3.8, 4) is 0 Å². The zero-order valence-electron chi connectivity index (χ0n) is 6.97. The van der Waals surface area contributed by atoms with Gasteiger partial charge in [-0.2, -0.15) is 13.2 Å². The number of halogens is 3. The second-order valence-electron chi connectivity index (χ2n) is 3.37. The topological polar surface area (TPSA) is 37.4 Å². The van der Waals surface area contributed by atoms with Gasteiger partial charge in [0.1, 0.15) is 5.54 Å². The molecular formula is C8H6F3NO2. The summed E-state index contributed by atoms with van der Waals surface area (Å²) in [4.78, 5) is 22.4. The molecule has 0 radical (unpaired) electrons. The smallest absolute Gasteiger partial charge is 0.269 e. The molecule has 6 heteroatoms. The quantitative estimate of drug-likeness (QED) is 0.599. The van der Waals surface area contributed by atoms with Gasteiger partial charge in [-0.15, -0.1) is 0 Å². The van der Waals surface area contributed by atoms with Crippen LogP contribution in [-0.2, 0) is 9.59 Å². The Kier molecular flexibility index (Phi) is 1.56. The van der Waals surface area contributed by atoms with Gasteiger partial charge in [0, 0.05) is 12.2 Å². The Hall–Kier alpha value is -1.33. The predicted octanol–water partition coefficient (Wildman–Crippen LogP) is 1.01. The molecule has 1 saturated carbocycles. The zero-order chi connectivity index (χ0) is 10.6. The van der Waals surface area contributed by atoms with Crippen LogP contribution < -0.4 is 0 Å². The highest BCUT2D eigenvalue weighted by Crippen LogP contribution is 2.54. The first-order valence-electron chi connectivity index (χ1n) is 4.01. The first-order valence-corrected chi connectivity index (χ1v) is 4.01. The third-order valence-corrected chi connectivity index (χ3v) is 2.49. The monoisotopic (exact) mass is 205 g/mol. The molecule has 0 aromatic rings. The lowest BCUT2D eigenvalue weighted by Crippen LogP contribution is -2.51. The van der Waals surface area contributed by atoms with Crippen molar-refractivity contribution in [2.75, 3.05) is 0 Å². The van der Waals surface area contributed by atoms with E-state index in [-0.39, 0.29) is 12.8 Å². The third kappa shape index (κ3) is 0.995. The van der Waals surface area contributed by atoms with Gasteiger partial charge in [0.15, 0.2) is 0 Å². The van der Waals surface area contributed by atoms with Gasteiger partial charge < -0.3 is 0 Å². The van der Waals surface area contributed by atoms with Gasteiger partial charge in [0.2, 0.25) is 0 Å². The fourth-order valence-corrected chi connectivity index (χ4v) is 1.57. The van der Waals surface area contributed by atoms with Crippen molar-refractivity contribution in [1.82, 2.24) is 4.90 Å².